The second kappa shape index (κ2) is 8.71. The molecule has 31 heavy (non-hydrogen) atoms. The molecule has 1 saturated heterocycles. The molecule has 2 aromatic carbocycles. The SMILES string of the molecule is O=C1C2CCCCC2N2C(SCc3c(F)cccc3Cl)=NNC2N1Cc1ccccc1. The highest BCUT2D eigenvalue weighted by Crippen LogP contribution is 2.40. The number of fused-ring (bicyclic) bond motifs is 3. The molecule has 5 rings (SSSR count). The van der Waals surface area contributed by atoms with Gasteiger partial charge in [-0.3, -0.25) is 15.1 Å². The first kappa shape index (κ1) is 20.6. The fourth-order valence-corrected chi connectivity index (χ4v) is 6.18. The number of amidine groups is 1. The van der Waals surface area contributed by atoms with Crippen molar-refractivity contribution in [3.8, 4) is 0 Å². The second-order valence-corrected chi connectivity index (χ2v) is 9.55. The zero-order valence-electron chi connectivity index (χ0n) is 17.0. The maximum Gasteiger partial charge on any atom is 0.231 e. The highest BCUT2D eigenvalue weighted by Gasteiger charge is 2.50. The molecule has 0 bridgehead atoms. The third kappa shape index (κ3) is 3.89. The van der Waals surface area contributed by atoms with E-state index in [1.807, 2.05) is 35.2 Å². The first-order valence-corrected chi connectivity index (χ1v) is 12.0. The zero-order valence-corrected chi connectivity index (χ0v) is 18.6. The van der Waals surface area contributed by atoms with E-state index in [9.17, 15) is 9.18 Å². The molecule has 5 nitrogen and oxygen atoms in total. The lowest BCUT2D eigenvalue weighted by atomic mass is 9.81. The van der Waals surface area contributed by atoms with Gasteiger partial charge in [0.15, 0.2) is 11.5 Å². The van der Waals surface area contributed by atoms with Gasteiger partial charge in [0.05, 0.1) is 5.92 Å². The Kier molecular flexibility index (Phi) is 5.80. The summed E-state index contributed by atoms with van der Waals surface area (Å²) in [6, 6.07) is 14.9. The summed E-state index contributed by atoms with van der Waals surface area (Å²) >= 11 is 7.69. The predicted octanol–water partition coefficient (Wildman–Crippen LogP) is 4.77. The van der Waals surface area contributed by atoms with Gasteiger partial charge in [0.1, 0.15) is 5.82 Å². The van der Waals surface area contributed by atoms with Crippen LogP contribution in [0.2, 0.25) is 5.02 Å². The minimum atomic E-state index is -0.314. The van der Waals surface area contributed by atoms with E-state index in [0.29, 0.717) is 22.9 Å². The van der Waals surface area contributed by atoms with E-state index in [1.54, 1.807) is 12.1 Å². The Labute approximate surface area is 190 Å². The molecule has 1 saturated carbocycles. The lowest BCUT2D eigenvalue weighted by Gasteiger charge is -2.50. The predicted molar refractivity (Wildman–Crippen MR) is 122 cm³/mol. The van der Waals surface area contributed by atoms with Crippen molar-refractivity contribution in [2.45, 2.75) is 50.3 Å². The van der Waals surface area contributed by atoms with Crippen LogP contribution >= 0.6 is 23.4 Å². The van der Waals surface area contributed by atoms with Gasteiger partial charge in [-0.1, -0.05) is 72.6 Å². The third-order valence-corrected chi connectivity index (χ3v) is 7.69. The van der Waals surface area contributed by atoms with Gasteiger partial charge in [0.2, 0.25) is 5.91 Å². The Balaban J connectivity index is 1.40. The van der Waals surface area contributed by atoms with E-state index < -0.39 is 0 Å². The van der Waals surface area contributed by atoms with Crippen LogP contribution in [0.15, 0.2) is 53.6 Å². The molecule has 2 fully saturated rings. The number of halogens is 2. The van der Waals surface area contributed by atoms with E-state index >= 15 is 0 Å². The van der Waals surface area contributed by atoms with Crippen molar-refractivity contribution in [3.63, 3.8) is 0 Å². The van der Waals surface area contributed by atoms with E-state index in [-0.39, 0.29) is 30.0 Å². The summed E-state index contributed by atoms with van der Waals surface area (Å²) in [5, 5.41) is 5.79. The van der Waals surface area contributed by atoms with Crippen LogP contribution in [0.3, 0.4) is 0 Å². The number of nitrogens with zero attached hydrogens (tertiary/aromatic N) is 3. The van der Waals surface area contributed by atoms with Gasteiger partial charge in [-0.15, -0.1) is 0 Å². The Morgan fingerprint density at radius 3 is 2.74 bits per heavy atom. The molecule has 8 heteroatoms. The Hall–Kier alpha value is -2.25. The molecule has 3 atom stereocenters. The van der Waals surface area contributed by atoms with E-state index in [2.05, 4.69) is 15.4 Å². The van der Waals surface area contributed by atoms with E-state index in [4.69, 9.17) is 11.6 Å². The van der Waals surface area contributed by atoms with Crippen LogP contribution in [0.5, 0.6) is 0 Å². The van der Waals surface area contributed by atoms with Crippen molar-refractivity contribution in [2.75, 3.05) is 0 Å². The first-order chi connectivity index (χ1) is 15.1. The van der Waals surface area contributed by atoms with E-state index in [1.165, 1.54) is 17.8 Å². The lowest BCUT2D eigenvalue weighted by molar-refractivity contribution is -0.156. The number of thioether (sulfide) groups is 1. The minimum absolute atomic E-state index is 0.0311. The summed E-state index contributed by atoms with van der Waals surface area (Å²) in [5.41, 5.74) is 4.75. The Bertz CT molecular complexity index is 984. The summed E-state index contributed by atoms with van der Waals surface area (Å²) in [4.78, 5) is 17.6. The first-order valence-electron chi connectivity index (χ1n) is 10.6. The maximum atomic E-state index is 14.3. The van der Waals surface area contributed by atoms with Crippen molar-refractivity contribution in [3.05, 3.63) is 70.5 Å². The number of nitrogens with one attached hydrogen (secondary N) is 1. The van der Waals surface area contributed by atoms with E-state index in [0.717, 1.165) is 36.4 Å². The van der Waals surface area contributed by atoms with Crippen LogP contribution in [0.1, 0.15) is 36.8 Å². The van der Waals surface area contributed by atoms with Gasteiger partial charge < -0.3 is 4.90 Å². The molecule has 1 amide bonds. The maximum absolute atomic E-state index is 14.3. The van der Waals surface area contributed by atoms with Crippen molar-refractivity contribution in [1.82, 2.24) is 15.2 Å². The van der Waals surface area contributed by atoms with Gasteiger partial charge in [-0.05, 0) is 30.5 Å². The molecule has 1 aliphatic carbocycles. The van der Waals surface area contributed by atoms with Crippen LogP contribution in [0.4, 0.5) is 4.39 Å². The van der Waals surface area contributed by atoms with Gasteiger partial charge in [-0.25, -0.2) is 4.39 Å². The molecule has 2 heterocycles. The molecule has 3 unspecified atom stereocenters. The molecule has 162 valence electrons. The fraction of sp³-hybridized carbons (Fsp3) is 0.391. The average Bonchev–Trinajstić information content (AvgIpc) is 3.21. The Morgan fingerprint density at radius 1 is 1.13 bits per heavy atom. The molecule has 3 aliphatic rings. The van der Waals surface area contributed by atoms with Crippen LogP contribution in [-0.4, -0.2) is 33.2 Å². The number of hydrogen-bond donors (Lipinski definition) is 1. The Morgan fingerprint density at radius 2 is 1.94 bits per heavy atom. The molecule has 0 aromatic heterocycles. The highest BCUT2D eigenvalue weighted by molar-refractivity contribution is 8.13. The number of carbonyl (C=O) groups excluding carboxylic acids is 1. The molecular formula is C23H24ClFN4OS. The van der Waals surface area contributed by atoms with Crippen LogP contribution < -0.4 is 5.43 Å². The summed E-state index contributed by atoms with van der Waals surface area (Å²) in [5.74, 6) is 0.245. The molecular weight excluding hydrogens is 435 g/mol. The van der Waals surface area contributed by atoms with Crippen molar-refractivity contribution in [2.24, 2.45) is 11.0 Å². The third-order valence-electron chi connectivity index (χ3n) is 6.35. The summed E-state index contributed by atoms with van der Waals surface area (Å²) in [6.07, 6.45) is 3.73. The zero-order chi connectivity index (χ0) is 21.4. The minimum Gasteiger partial charge on any atom is -0.307 e. The monoisotopic (exact) mass is 458 g/mol. The molecule has 1 N–H and O–H groups in total. The average molecular weight is 459 g/mol. The number of carbonyl (C=O) groups is 1. The molecule has 0 radical (unpaired) electrons. The van der Waals surface area contributed by atoms with Crippen LogP contribution in [0, 0.1) is 11.7 Å². The summed E-state index contributed by atoms with van der Waals surface area (Å²) < 4.78 is 14.3. The number of amides is 1. The smallest absolute Gasteiger partial charge is 0.231 e. The molecule has 2 aliphatic heterocycles. The van der Waals surface area contributed by atoms with Crippen molar-refractivity contribution >= 4 is 34.4 Å². The topological polar surface area (TPSA) is 47.9 Å². The van der Waals surface area contributed by atoms with Gasteiger partial charge in [-0.2, -0.15) is 5.10 Å². The quantitative estimate of drug-likeness (QED) is 0.716. The van der Waals surface area contributed by atoms with Crippen molar-refractivity contribution < 1.29 is 9.18 Å². The number of hydrazone groups is 1. The lowest BCUT2D eigenvalue weighted by Crippen LogP contribution is -2.66. The van der Waals surface area contributed by atoms with Crippen molar-refractivity contribution in [1.29, 1.82) is 0 Å². The number of rotatable bonds is 4. The fourth-order valence-electron chi connectivity index (χ4n) is 4.80. The van der Waals surface area contributed by atoms with Gasteiger partial charge in [0, 0.05) is 28.9 Å². The van der Waals surface area contributed by atoms with Crippen LogP contribution in [0.25, 0.3) is 0 Å². The summed E-state index contributed by atoms with van der Waals surface area (Å²) in [7, 11) is 0. The molecule has 0 spiro atoms. The number of hydrogen-bond acceptors (Lipinski definition) is 5. The second-order valence-electron chi connectivity index (χ2n) is 8.20. The normalized spacial score (nSPS) is 25.0. The summed E-state index contributed by atoms with van der Waals surface area (Å²) in [6.45, 7) is 0.531. The van der Waals surface area contributed by atoms with Crippen LogP contribution in [-0.2, 0) is 17.1 Å². The van der Waals surface area contributed by atoms with Gasteiger partial charge >= 0.3 is 0 Å². The number of benzene rings is 2. The van der Waals surface area contributed by atoms with Gasteiger partial charge in [0.25, 0.3) is 0 Å². The highest BCUT2D eigenvalue weighted by atomic mass is 35.5. The molecule has 2 aromatic rings. The standard InChI is InChI=1S/C23H24ClFN4OS/c24-18-10-6-11-19(25)17(18)14-31-23-27-26-22-28(13-15-7-2-1-3-8-15)21(30)16-9-4-5-12-20(16)29(22)23/h1-3,6-8,10-11,16,20,22,26H,4-5,9,12-14H2. The largest absolute Gasteiger partial charge is 0.307 e.